The Kier molecular flexibility index (Phi) is 5.92. The van der Waals surface area contributed by atoms with E-state index in [0.29, 0.717) is 11.7 Å². The molecule has 0 radical (unpaired) electrons. The Hall–Kier alpha value is -2.15. The summed E-state index contributed by atoms with van der Waals surface area (Å²) >= 11 is 3.40. The van der Waals surface area contributed by atoms with Crippen LogP contribution in [0.1, 0.15) is 13.8 Å². The fourth-order valence-electron chi connectivity index (χ4n) is 1.87. The Morgan fingerprint density at radius 3 is 2.78 bits per heavy atom. The number of nitrogens with one attached hydrogen (secondary N) is 1. The summed E-state index contributed by atoms with van der Waals surface area (Å²) in [4.78, 5) is 22.3. The summed E-state index contributed by atoms with van der Waals surface area (Å²) in [5, 5.41) is 2.85. The third-order valence-electron chi connectivity index (χ3n) is 2.88. The van der Waals surface area contributed by atoms with Gasteiger partial charge in [-0.05, 0) is 41.9 Å². The number of carbonyl (C=O) groups is 1. The molecule has 0 aliphatic heterocycles. The molecule has 0 saturated carbocycles. The number of rotatable bonds is 6. The first-order valence-electron chi connectivity index (χ1n) is 7.20. The van der Waals surface area contributed by atoms with E-state index in [1.807, 2.05) is 38.1 Å². The minimum Gasteiger partial charge on any atom is -0.474 e. The lowest BCUT2D eigenvalue weighted by Gasteiger charge is -2.18. The summed E-state index contributed by atoms with van der Waals surface area (Å²) in [7, 11) is 1.78. The van der Waals surface area contributed by atoms with Gasteiger partial charge in [0.25, 0.3) is 0 Å². The molecule has 0 spiro atoms. The average molecular weight is 379 g/mol. The zero-order chi connectivity index (χ0) is 16.8. The van der Waals surface area contributed by atoms with Crippen LogP contribution in [-0.4, -0.2) is 35.6 Å². The van der Waals surface area contributed by atoms with Gasteiger partial charge >= 0.3 is 0 Å². The second kappa shape index (κ2) is 7.92. The number of aromatic nitrogens is 2. The van der Waals surface area contributed by atoms with Gasteiger partial charge in [-0.3, -0.25) is 9.78 Å². The van der Waals surface area contributed by atoms with E-state index in [4.69, 9.17) is 4.74 Å². The zero-order valence-electron chi connectivity index (χ0n) is 13.3. The molecule has 2 rings (SSSR count). The molecule has 122 valence electrons. The lowest BCUT2D eigenvalue weighted by Crippen LogP contribution is -2.30. The van der Waals surface area contributed by atoms with Crippen LogP contribution in [0.25, 0.3) is 0 Å². The van der Waals surface area contributed by atoms with Crippen LogP contribution in [0, 0.1) is 0 Å². The highest BCUT2D eigenvalue weighted by atomic mass is 79.9. The number of hydrogen-bond acceptors (Lipinski definition) is 5. The molecule has 0 aliphatic carbocycles. The number of anilines is 2. The number of amides is 1. The molecule has 0 unspecified atom stereocenters. The molecule has 1 aromatic carbocycles. The standard InChI is InChI=1S/C16H19BrN4O2/c1-11(2)23-16-9-18-8-14(20-16)21(3)10-15(22)19-13-7-5-4-6-12(13)17/h4-9,11H,10H2,1-3H3,(H,19,22). The first-order valence-corrected chi connectivity index (χ1v) is 7.99. The zero-order valence-corrected chi connectivity index (χ0v) is 14.9. The minimum atomic E-state index is -0.142. The largest absolute Gasteiger partial charge is 0.474 e. The molecular formula is C16H19BrN4O2. The molecular weight excluding hydrogens is 360 g/mol. The van der Waals surface area contributed by atoms with Crippen molar-refractivity contribution in [1.82, 2.24) is 9.97 Å². The number of likely N-dealkylation sites (N-methyl/N-ethyl adjacent to an activating group) is 1. The molecule has 2 aromatic rings. The monoisotopic (exact) mass is 378 g/mol. The Bertz CT molecular complexity index is 679. The smallest absolute Gasteiger partial charge is 0.243 e. The molecule has 0 atom stereocenters. The number of benzene rings is 1. The Morgan fingerprint density at radius 1 is 1.35 bits per heavy atom. The number of nitrogens with zero attached hydrogens (tertiary/aromatic N) is 3. The van der Waals surface area contributed by atoms with Crippen molar-refractivity contribution in [1.29, 1.82) is 0 Å². The van der Waals surface area contributed by atoms with Crippen molar-refractivity contribution in [3.05, 3.63) is 41.1 Å². The van der Waals surface area contributed by atoms with Gasteiger partial charge in [-0.25, -0.2) is 0 Å². The van der Waals surface area contributed by atoms with Crippen LogP contribution in [0.4, 0.5) is 11.5 Å². The topological polar surface area (TPSA) is 67.3 Å². The van der Waals surface area contributed by atoms with E-state index in [9.17, 15) is 4.79 Å². The van der Waals surface area contributed by atoms with E-state index >= 15 is 0 Å². The van der Waals surface area contributed by atoms with E-state index in [1.165, 1.54) is 0 Å². The van der Waals surface area contributed by atoms with Crippen LogP contribution in [0.3, 0.4) is 0 Å². The van der Waals surface area contributed by atoms with E-state index < -0.39 is 0 Å². The lowest BCUT2D eigenvalue weighted by molar-refractivity contribution is -0.114. The molecule has 7 heteroatoms. The highest BCUT2D eigenvalue weighted by Gasteiger charge is 2.11. The first-order chi connectivity index (χ1) is 11.0. The number of para-hydroxylation sites is 1. The predicted molar refractivity (Wildman–Crippen MR) is 93.8 cm³/mol. The normalized spacial score (nSPS) is 10.5. The van der Waals surface area contributed by atoms with Gasteiger partial charge < -0.3 is 15.0 Å². The van der Waals surface area contributed by atoms with Crippen molar-refractivity contribution in [3.63, 3.8) is 0 Å². The van der Waals surface area contributed by atoms with Gasteiger partial charge in [0.05, 0.1) is 30.7 Å². The molecule has 1 aromatic heterocycles. The van der Waals surface area contributed by atoms with Crippen LogP contribution >= 0.6 is 15.9 Å². The molecule has 0 aliphatic rings. The van der Waals surface area contributed by atoms with Gasteiger partial charge in [0.1, 0.15) is 0 Å². The van der Waals surface area contributed by atoms with Gasteiger partial charge in [0.15, 0.2) is 5.82 Å². The summed E-state index contributed by atoms with van der Waals surface area (Å²) in [6.07, 6.45) is 3.17. The van der Waals surface area contributed by atoms with Crippen molar-refractivity contribution >= 4 is 33.3 Å². The first kappa shape index (κ1) is 17.2. The summed E-state index contributed by atoms with van der Waals surface area (Å²) in [5.74, 6) is 0.873. The van der Waals surface area contributed by atoms with Crippen molar-refractivity contribution < 1.29 is 9.53 Å². The third kappa shape index (κ3) is 5.21. The van der Waals surface area contributed by atoms with Crippen LogP contribution < -0.4 is 15.0 Å². The number of ether oxygens (including phenoxy) is 1. The summed E-state index contributed by atoms with van der Waals surface area (Å²) in [5.41, 5.74) is 0.730. The lowest BCUT2D eigenvalue weighted by atomic mass is 10.3. The number of hydrogen-bond donors (Lipinski definition) is 1. The van der Waals surface area contributed by atoms with Gasteiger partial charge in [-0.2, -0.15) is 4.98 Å². The van der Waals surface area contributed by atoms with Gasteiger partial charge in [0.2, 0.25) is 11.8 Å². The molecule has 1 amide bonds. The molecule has 0 fully saturated rings. The quantitative estimate of drug-likeness (QED) is 0.836. The van der Waals surface area contributed by atoms with Crippen molar-refractivity contribution in [2.75, 3.05) is 23.8 Å². The van der Waals surface area contributed by atoms with Crippen molar-refractivity contribution in [2.45, 2.75) is 20.0 Å². The average Bonchev–Trinajstić information content (AvgIpc) is 2.49. The summed E-state index contributed by atoms with van der Waals surface area (Å²) in [6.45, 7) is 3.99. The van der Waals surface area contributed by atoms with E-state index in [0.717, 1.165) is 10.2 Å². The number of halogens is 1. The summed E-state index contributed by atoms with van der Waals surface area (Å²) < 4.78 is 6.35. The van der Waals surface area contributed by atoms with Crippen LogP contribution in [0.15, 0.2) is 41.1 Å². The van der Waals surface area contributed by atoms with E-state index in [2.05, 4.69) is 31.2 Å². The maximum absolute atomic E-state index is 12.2. The fourth-order valence-corrected chi connectivity index (χ4v) is 2.25. The van der Waals surface area contributed by atoms with Crippen molar-refractivity contribution in [3.8, 4) is 5.88 Å². The Labute approximate surface area is 144 Å². The number of carbonyl (C=O) groups excluding carboxylic acids is 1. The maximum atomic E-state index is 12.2. The second-order valence-corrected chi connectivity index (χ2v) is 6.12. The SMILES string of the molecule is CC(C)Oc1cncc(N(C)CC(=O)Nc2ccccc2Br)n1. The highest BCUT2D eigenvalue weighted by Crippen LogP contribution is 2.21. The predicted octanol–water partition coefficient (Wildman–Crippen LogP) is 3.10. The Balaban J connectivity index is 1.99. The maximum Gasteiger partial charge on any atom is 0.243 e. The molecule has 0 bridgehead atoms. The minimum absolute atomic E-state index is 0.0172. The molecule has 1 heterocycles. The van der Waals surface area contributed by atoms with E-state index in [-0.39, 0.29) is 18.6 Å². The van der Waals surface area contributed by atoms with Gasteiger partial charge in [0, 0.05) is 11.5 Å². The fraction of sp³-hybridized carbons (Fsp3) is 0.312. The third-order valence-corrected chi connectivity index (χ3v) is 3.57. The summed E-state index contributed by atoms with van der Waals surface area (Å²) in [6, 6.07) is 7.46. The second-order valence-electron chi connectivity index (χ2n) is 5.27. The molecule has 6 nitrogen and oxygen atoms in total. The molecule has 0 saturated heterocycles. The Morgan fingerprint density at radius 2 is 2.09 bits per heavy atom. The highest BCUT2D eigenvalue weighted by molar-refractivity contribution is 9.10. The van der Waals surface area contributed by atoms with Gasteiger partial charge in [-0.1, -0.05) is 12.1 Å². The molecule has 1 N–H and O–H groups in total. The van der Waals surface area contributed by atoms with Crippen molar-refractivity contribution in [2.24, 2.45) is 0 Å². The van der Waals surface area contributed by atoms with Gasteiger partial charge in [-0.15, -0.1) is 0 Å². The molecule has 23 heavy (non-hydrogen) atoms. The van der Waals surface area contributed by atoms with E-state index in [1.54, 1.807) is 24.3 Å². The van der Waals surface area contributed by atoms with Crippen LogP contribution in [-0.2, 0) is 4.79 Å². The van der Waals surface area contributed by atoms with Crippen LogP contribution in [0.2, 0.25) is 0 Å². The van der Waals surface area contributed by atoms with Crippen LogP contribution in [0.5, 0.6) is 5.88 Å².